The Kier molecular flexibility index (Phi) is 4.67. The lowest BCUT2D eigenvalue weighted by Gasteiger charge is -2.27. The van der Waals surface area contributed by atoms with Crippen molar-refractivity contribution in [1.29, 1.82) is 0 Å². The van der Waals surface area contributed by atoms with Crippen LogP contribution in [-0.2, 0) is 12.8 Å². The molecular formula is C24H29N3O. The Morgan fingerprint density at radius 3 is 2.93 bits per heavy atom. The summed E-state index contributed by atoms with van der Waals surface area (Å²) in [6.45, 7) is 3.47. The van der Waals surface area contributed by atoms with Gasteiger partial charge in [-0.1, -0.05) is 36.4 Å². The van der Waals surface area contributed by atoms with Crippen LogP contribution in [0.25, 0.3) is 5.57 Å². The molecule has 2 heterocycles. The highest BCUT2D eigenvalue weighted by Crippen LogP contribution is 2.61. The van der Waals surface area contributed by atoms with Crippen molar-refractivity contribution in [3.8, 4) is 0 Å². The average molecular weight is 376 g/mol. The van der Waals surface area contributed by atoms with Crippen molar-refractivity contribution in [3.05, 3.63) is 69.9 Å². The molecule has 0 radical (unpaired) electrons. The summed E-state index contributed by atoms with van der Waals surface area (Å²) in [5.41, 5.74) is 5.41. The van der Waals surface area contributed by atoms with E-state index in [0.717, 1.165) is 43.0 Å². The minimum atomic E-state index is 0.0741. The fourth-order valence-corrected chi connectivity index (χ4v) is 5.42. The molecule has 4 heteroatoms. The standard InChI is InChI=1S/C24H29N3O/c28-23-21-8-11-24(16-22(21)25-17-26-23)15-20(24)7-4-12-27-13-9-19(10-14-27)18-5-2-1-3-6-18/h1-3,5-6,9,17,20H,4,7-8,10-16H2,(H,25,26,28). The van der Waals surface area contributed by atoms with Crippen molar-refractivity contribution in [1.82, 2.24) is 14.9 Å². The van der Waals surface area contributed by atoms with E-state index in [2.05, 4.69) is 51.3 Å². The molecule has 1 aromatic carbocycles. The Bertz CT molecular complexity index is 932. The summed E-state index contributed by atoms with van der Waals surface area (Å²) in [5.74, 6) is 0.835. The van der Waals surface area contributed by atoms with Crippen LogP contribution >= 0.6 is 0 Å². The molecule has 1 N–H and O–H groups in total. The molecule has 1 aliphatic heterocycles. The highest BCUT2D eigenvalue weighted by atomic mass is 16.1. The topological polar surface area (TPSA) is 49.0 Å². The van der Waals surface area contributed by atoms with Gasteiger partial charge >= 0.3 is 0 Å². The van der Waals surface area contributed by atoms with E-state index in [1.54, 1.807) is 6.33 Å². The second kappa shape index (κ2) is 7.32. The smallest absolute Gasteiger partial charge is 0.254 e. The number of aromatic nitrogens is 2. The molecule has 1 fully saturated rings. The van der Waals surface area contributed by atoms with Gasteiger partial charge in [-0.2, -0.15) is 0 Å². The number of rotatable bonds is 5. The lowest BCUT2D eigenvalue weighted by Crippen LogP contribution is -2.29. The lowest BCUT2D eigenvalue weighted by atomic mass is 9.82. The van der Waals surface area contributed by atoms with Gasteiger partial charge in [-0.05, 0) is 74.0 Å². The van der Waals surface area contributed by atoms with Gasteiger partial charge in [-0.3, -0.25) is 9.69 Å². The predicted molar refractivity (Wildman–Crippen MR) is 112 cm³/mol. The van der Waals surface area contributed by atoms with Crippen LogP contribution in [0.1, 0.15) is 48.9 Å². The van der Waals surface area contributed by atoms with Gasteiger partial charge < -0.3 is 4.98 Å². The molecule has 1 spiro atoms. The molecule has 2 aromatic rings. The number of hydrogen-bond acceptors (Lipinski definition) is 3. The summed E-state index contributed by atoms with van der Waals surface area (Å²) in [6.07, 6.45) is 12.2. The van der Waals surface area contributed by atoms with Crippen LogP contribution in [0.3, 0.4) is 0 Å². The molecule has 2 atom stereocenters. The van der Waals surface area contributed by atoms with Crippen molar-refractivity contribution in [2.75, 3.05) is 19.6 Å². The Morgan fingerprint density at radius 2 is 2.11 bits per heavy atom. The van der Waals surface area contributed by atoms with Crippen LogP contribution in [0, 0.1) is 11.3 Å². The second-order valence-electron chi connectivity index (χ2n) is 8.89. The number of nitrogens with one attached hydrogen (secondary N) is 1. The summed E-state index contributed by atoms with van der Waals surface area (Å²) in [7, 11) is 0. The van der Waals surface area contributed by atoms with Gasteiger partial charge in [-0.15, -0.1) is 0 Å². The van der Waals surface area contributed by atoms with E-state index in [-0.39, 0.29) is 5.56 Å². The number of H-pyrrole nitrogens is 1. The SMILES string of the molecule is O=c1[nH]cnc2c1CCC1(C2)CC1CCCN1CC=C(c2ccccc2)CC1. The summed E-state index contributed by atoms with van der Waals surface area (Å²) < 4.78 is 0. The van der Waals surface area contributed by atoms with Gasteiger partial charge in [-0.25, -0.2) is 4.98 Å². The van der Waals surface area contributed by atoms with Gasteiger partial charge in [0.05, 0.1) is 12.0 Å². The fraction of sp³-hybridized carbons (Fsp3) is 0.500. The molecule has 1 saturated carbocycles. The zero-order valence-electron chi connectivity index (χ0n) is 16.5. The molecule has 0 saturated heterocycles. The summed E-state index contributed by atoms with van der Waals surface area (Å²) in [5, 5.41) is 0. The molecule has 1 aromatic heterocycles. The number of fused-ring (bicyclic) bond motifs is 1. The number of aromatic amines is 1. The average Bonchev–Trinajstić information content (AvgIpc) is 3.40. The molecule has 146 valence electrons. The van der Waals surface area contributed by atoms with Crippen molar-refractivity contribution in [2.45, 2.75) is 44.9 Å². The van der Waals surface area contributed by atoms with Crippen LogP contribution < -0.4 is 5.56 Å². The van der Waals surface area contributed by atoms with E-state index in [1.165, 1.54) is 49.9 Å². The van der Waals surface area contributed by atoms with Gasteiger partial charge in [0.2, 0.25) is 0 Å². The molecular weight excluding hydrogens is 346 g/mol. The van der Waals surface area contributed by atoms with E-state index >= 15 is 0 Å². The van der Waals surface area contributed by atoms with E-state index in [4.69, 9.17) is 0 Å². The minimum Gasteiger partial charge on any atom is -0.313 e. The van der Waals surface area contributed by atoms with E-state index in [1.807, 2.05) is 0 Å². The van der Waals surface area contributed by atoms with Crippen molar-refractivity contribution < 1.29 is 0 Å². The third-order valence-electron chi connectivity index (χ3n) is 7.25. The van der Waals surface area contributed by atoms with Gasteiger partial charge in [0.15, 0.2) is 0 Å². The normalized spacial score (nSPS) is 26.7. The quantitative estimate of drug-likeness (QED) is 0.864. The first-order valence-electron chi connectivity index (χ1n) is 10.8. The van der Waals surface area contributed by atoms with Gasteiger partial charge in [0.25, 0.3) is 5.56 Å². The Balaban J connectivity index is 1.10. The zero-order valence-corrected chi connectivity index (χ0v) is 16.5. The maximum Gasteiger partial charge on any atom is 0.254 e. The van der Waals surface area contributed by atoms with Crippen LogP contribution in [0.15, 0.2) is 47.5 Å². The predicted octanol–water partition coefficient (Wildman–Crippen LogP) is 3.83. The molecule has 2 aliphatic carbocycles. The maximum atomic E-state index is 11.9. The molecule has 0 bridgehead atoms. The fourth-order valence-electron chi connectivity index (χ4n) is 5.42. The van der Waals surface area contributed by atoms with Crippen LogP contribution in [0.2, 0.25) is 0 Å². The van der Waals surface area contributed by atoms with Crippen molar-refractivity contribution in [2.24, 2.45) is 11.3 Å². The van der Waals surface area contributed by atoms with Gasteiger partial charge in [0, 0.05) is 18.7 Å². The second-order valence-corrected chi connectivity index (χ2v) is 8.89. The van der Waals surface area contributed by atoms with Crippen LogP contribution in [0.5, 0.6) is 0 Å². The first-order chi connectivity index (χ1) is 13.7. The van der Waals surface area contributed by atoms with Crippen molar-refractivity contribution >= 4 is 5.57 Å². The third-order valence-corrected chi connectivity index (χ3v) is 7.25. The molecule has 4 nitrogen and oxygen atoms in total. The van der Waals surface area contributed by atoms with E-state index in [9.17, 15) is 4.79 Å². The summed E-state index contributed by atoms with van der Waals surface area (Å²) >= 11 is 0. The number of benzene rings is 1. The van der Waals surface area contributed by atoms with Crippen molar-refractivity contribution in [3.63, 3.8) is 0 Å². The number of hydrogen-bond donors (Lipinski definition) is 1. The van der Waals surface area contributed by atoms with Crippen LogP contribution in [0.4, 0.5) is 0 Å². The Morgan fingerprint density at radius 1 is 1.21 bits per heavy atom. The molecule has 5 rings (SSSR count). The third kappa shape index (κ3) is 3.46. The molecule has 0 amide bonds. The first kappa shape index (κ1) is 17.9. The molecule has 2 unspecified atom stereocenters. The zero-order chi connectivity index (χ0) is 19.0. The highest BCUT2D eigenvalue weighted by Gasteiger charge is 2.54. The number of nitrogens with zero attached hydrogens (tertiary/aromatic N) is 2. The first-order valence-corrected chi connectivity index (χ1v) is 10.8. The largest absolute Gasteiger partial charge is 0.313 e. The van der Waals surface area contributed by atoms with E-state index < -0.39 is 0 Å². The van der Waals surface area contributed by atoms with E-state index in [0.29, 0.717) is 5.41 Å². The maximum absolute atomic E-state index is 11.9. The highest BCUT2D eigenvalue weighted by molar-refractivity contribution is 5.66. The molecule has 28 heavy (non-hydrogen) atoms. The van der Waals surface area contributed by atoms with Gasteiger partial charge in [0.1, 0.15) is 0 Å². The molecule has 3 aliphatic rings. The van der Waals surface area contributed by atoms with Crippen LogP contribution in [-0.4, -0.2) is 34.5 Å². The monoisotopic (exact) mass is 375 g/mol. The Labute approximate surface area is 166 Å². The lowest BCUT2D eigenvalue weighted by molar-refractivity contribution is 0.285. The summed E-state index contributed by atoms with van der Waals surface area (Å²) in [4.78, 5) is 21.7. The minimum absolute atomic E-state index is 0.0741. The summed E-state index contributed by atoms with van der Waals surface area (Å²) in [6, 6.07) is 10.8. The Hall–Kier alpha value is -2.20.